The highest BCUT2D eigenvalue weighted by molar-refractivity contribution is 5.85. The Morgan fingerprint density at radius 3 is 2.57 bits per heavy atom. The van der Waals surface area contributed by atoms with Crippen molar-refractivity contribution in [3.63, 3.8) is 0 Å². The van der Waals surface area contributed by atoms with Crippen LogP contribution in [0.25, 0.3) is 10.8 Å². The molecule has 0 saturated heterocycles. The molecule has 118 valence electrons. The Kier molecular flexibility index (Phi) is 4.42. The van der Waals surface area contributed by atoms with Crippen molar-refractivity contribution in [3.05, 3.63) is 70.1 Å². The van der Waals surface area contributed by atoms with Crippen LogP contribution in [0.4, 0.5) is 5.95 Å². The molecule has 3 aromatic rings. The zero-order valence-electron chi connectivity index (χ0n) is 13.5. The summed E-state index contributed by atoms with van der Waals surface area (Å²) in [5.41, 5.74) is 1.89. The molecule has 4 heteroatoms. The third-order valence-electron chi connectivity index (χ3n) is 4.10. The normalized spacial score (nSPS) is 10.9. The maximum absolute atomic E-state index is 12.0. The third-order valence-corrected chi connectivity index (χ3v) is 4.10. The fourth-order valence-electron chi connectivity index (χ4n) is 2.90. The number of nitrogens with one attached hydrogen (secondary N) is 1. The molecule has 0 unspecified atom stereocenters. The van der Waals surface area contributed by atoms with Crippen molar-refractivity contribution in [2.45, 2.75) is 20.3 Å². The lowest BCUT2D eigenvalue weighted by atomic mass is 10.0. The van der Waals surface area contributed by atoms with Gasteiger partial charge in [-0.1, -0.05) is 42.5 Å². The van der Waals surface area contributed by atoms with Gasteiger partial charge in [-0.15, -0.1) is 0 Å². The summed E-state index contributed by atoms with van der Waals surface area (Å²) in [5, 5.41) is 2.42. The van der Waals surface area contributed by atoms with Gasteiger partial charge in [0.05, 0.1) is 5.69 Å². The van der Waals surface area contributed by atoms with Crippen molar-refractivity contribution >= 4 is 16.7 Å². The molecule has 1 aromatic heterocycles. The molecule has 3 rings (SSSR count). The van der Waals surface area contributed by atoms with E-state index in [9.17, 15) is 4.79 Å². The smallest absolute Gasteiger partial charge is 0.252 e. The number of rotatable bonds is 5. The van der Waals surface area contributed by atoms with Crippen LogP contribution in [0, 0.1) is 0 Å². The molecule has 1 heterocycles. The number of aromatic nitrogens is 2. The number of benzene rings is 2. The molecule has 1 N–H and O–H groups in total. The second kappa shape index (κ2) is 6.65. The van der Waals surface area contributed by atoms with Crippen molar-refractivity contribution in [2.75, 3.05) is 18.0 Å². The van der Waals surface area contributed by atoms with Crippen LogP contribution in [0.1, 0.15) is 25.1 Å². The highest BCUT2D eigenvalue weighted by atomic mass is 16.1. The van der Waals surface area contributed by atoms with Gasteiger partial charge in [0.1, 0.15) is 0 Å². The summed E-state index contributed by atoms with van der Waals surface area (Å²) in [6.07, 6.45) is 0.652. The minimum atomic E-state index is -0.0999. The van der Waals surface area contributed by atoms with Crippen molar-refractivity contribution < 1.29 is 0 Å². The predicted molar refractivity (Wildman–Crippen MR) is 95.2 cm³/mol. The van der Waals surface area contributed by atoms with Crippen LogP contribution in [-0.2, 0) is 6.42 Å². The molecule has 0 amide bonds. The first-order chi connectivity index (χ1) is 11.2. The summed E-state index contributed by atoms with van der Waals surface area (Å²) >= 11 is 0. The number of fused-ring (bicyclic) bond motifs is 1. The molecule has 0 saturated carbocycles. The first-order valence-corrected chi connectivity index (χ1v) is 8.03. The van der Waals surface area contributed by atoms with E-state index in [1.807, 2.05) is 17.0 Å². The highest BCUT2D eigenvalue weighted by Crippen LogP contribution is 2.20. The number of hydrogen-bond donors (Lipinski definition) is 1. The van der Waals surface area contributed by atoms with Crippen molar-refractivity contribution in [1.29, 1.82) is 0 Å². The molecule has 0 fully saturated rings. The fourth-order valence-corrected chi connectivity index (χ4v) is 2.90. The van der Waals surface area contributed by atoms with Gasteiger partial charge in [-0.2, -0.15) is 0 Å². The largest absolute Gasteiger partial charge is 0.343 e. The Morgan fingerprint density at radius 2 is 1.78 bits per heavy atom. The van der Waals surface area contributed by atoms with Crippen LogP contribution in [0.15, 0.2) is 53.3 Å². The monoisotopic (exact) mass is 307 g/mol. The zero-order valence-corrected chi connectivity index (χ0v) is 13.5. The number of hydrogen-bond acceptors (Lipinski definition) is 3. The second-order valence-corrected chi connectivity index (χ2v) is 5.55. The van der Waals surface area contributed by atoms with Gasteiger partial charge in [0.25, 0.3) is 5.56 Å². The quantitative estimate of drug-likeness (QED) is 0.786. The van der Waals surface area contributed by atoms with Crippen LogP contribution in [0.2, 0.25) is 0 Å². The standard InChI is InChI=1S/C19H21N3O/c1-3-22(4-2)19-20-16(13-18(23)21-19)12-15-10-7-9-14-8-5-6-11-17(14)15/h5-11,13H,3-4,12H2,1-2H3,(H,20,21,23). The van der Waals surface area contributed by atoms with E-state index >= 15 is 0 Å². The first kappa shape index (κ1) is 15.3. The Morgan fingerprint density at radius 1 is 1.04 bits per heavy atom. The van der Waals surface area contributed by atoms with Crippen LogP contribution in [0.3, 0.4) is 0 Å². The summed E-state index contributed by atoms with van der Waals surface area (Å²) in [6, 6.07) is 16.1. The predicted octanol–water partition coefficient (Wildman–Crippen LogP) is 3.36. The molecule has 2 aromatic carbocycles. The molecule has 0 atom stereocenters. The summed E-state index contributed by atoms with van der Waals surface area (Å²) in [5.74, 6) is 0.651. The molecule has 0 spiro atoms. The lowest BCUT2D eigenvalue weighted by Crippen LogP contribution is -2.27. The molecule has 0 aliphatic heterocycles. The van der Waals surface area contributed by atoms with Crippen molar-refractivity contribution in [1.82, 2.24) is 9.97 Å². The van der Waals surface area contributed by atoms with Gasteiger partial charge < -0.3 is 4.90 Å². The summed E-state index contributed by atoms with van der Waals surface area (Å²) in [7, 11) is 0. The highest BCUT2D eigenvalue weighted by Gasteiger charge is 2.09. The fraction of sp³-hybridized carbons (Fsp3) is 0.263. The molecule has 4 nitrogen and oxygen atoms in total. The van der Waals surface area contributed by atoms with Gasteiger partial charge in [-0.05, 0) is 30.2 Å². The van der Waals surface area contributed by atoms with Crippen LogP contribution in [0.5, 0.6) is 0 Å². The Hall–Kier alpha value is -2.62. The Balaban J connectivity index is 2.00. The summed E-state index contributed by atoms with van der Waals surface area (Å²) in [4.78, 5) is 21.5. The van der Waals surface area contributed by atoms with E-state index in [2.05, 4.69) is 54.1 Å². The SMILES string of the molecule is CCN(CC)c1nc(Cc2cccc3ccccc23)cc(=O)[nH]1. The molecule has 0 bridgehead atoms. The third kappa shape index (κ3) is 3.26. The van der Waals surface area contributed by atoms with Crippen molar-refractivity contribution in [2.24, 2.45) is 0 Å². The van der Waals surface area contributed by atoms with E-state index in [1.165, 1.54) is 16.3 Å². The van der Waals surface area contributed by atoms with Crippen LogP contribution < -0.4 is 10.5 Å². The number of aromatic amines is 1. The minimum absolute atomic E-state index is 0.0999. The molecule has 0 aliphatic carbocycles. The summed E-state index contributed by atoms with van der Waals surface area (Å²) in [6.45, 7) is 5.75. The maximum atomic E-state index is 12.0. The molecular weight excluding hydrogens is 286 g/mol. The Bertz CT molecular complexity index is 860. The molecular formula is C19H21N3O. The number of H-pyrrole nitrogens is 1. The van der Waals surface area contributed by atoms with Crippen molar-refractivity contribution in [3.8, 4) is 0 Å². The molecule has 0 aliphatic rings. The molecule has 23 heavy (non-hydrogen) atoms. The van der Waals surface area contributed by atoms with Gasteiger partial charge in [-0.3, -0.25) is 9.78 Å². The lowest BCUT2D eigenvalue weighted by molar-refractivity contribution is 0.807. The van der Waals surface area contributed by atoms with E-state index in [0.717, 1.165) is 18.8 Å². The van der Waals surface area contributed by atoms with Gasteiger partial charge >= 0.3 is 0 Å². The topological polar surface area (TPSA) is 49.0 Å². The van der Waals surface area contributed by atoms with Crippen LogP contribution in [-0.4, -0.2) is 23.1 Å². The van der Waals surface area contributed by atoms with E-state index in [0.29, 0.717) is 12.4 Å². The van der Waals surface area contributed by atoms with Crippen LogP contribution >= 0.6 is 0 Å². The van der Waals surface area contributed by atoms with Gasteiger partial charge in [0.15, 0.2) is 0 Å². The zero-order chi connectivity index (χ0) is 16.2. The van der Waals surface area contributed by atoms with E-state index in [-0.39, 0.29) is 5.56 Å². The average Bonchev–Trinajstić information content (AvgIpc) is 2.56. The second-order valence-electron chi connectivity index (χ2n) is 5.55. The maximum Gasteiger partial charge on any atom is 0.252 e. The van der Waals surface area contributed by atoms with Gasteiger partial charge in [-0.25, -0.2) is 4.98 Å². The lowest BCUT2D eigenvalue weighted by Gasteiger charge is -2.19. The van der Waals surface area contributed by atoms with Gasteiger partial charge in [0, 0.05) is 25.6 Å². The van der Waals surface area contributed by atoms with E-state index < -0.39 is 0 Å². The number of nitrogens with zero attached hydrogens (tertiary/aromatic N) is 2. The minimum Gasteiger partial charge on any atom is -0.343 e. The average molecular weight is 307 g/mol. The van der Waals surface area contributed by atoms with E-state index in [1.54, 1.807) is 6.07 Å². The number of anilines is 1. The van der Waals surface area contributed by atoms with E-state index in [4.69, 9.17) is 0 Å². The Labute approximate surface area is 135 Å². The summed E-state index contributed by atoms with van der Waals surface area (Å²) < 4.78 is 0. The first-order valence-electron chi connectivity index (χ1n) is 8.03. The van der Waals surface area contributed by atoms with Gasteiger partial charge in [0.2, 0.25) is 5.95 Å². The molecule has 0 radical (unpaired) electrons.